The van der Waals surface area contributed by atoms with Crippen molar-refractivity contribution in [2.24, 2.45) is 11.3 Å². The topological polar surface area (TPSA) is 56.1 Å². The number of para-hydroxylation sites is 2. The summed E-state index contributed by atoms with van der Waals surface area (Å²) in [5.74, 6) is 1.07. The van der Waals surface area contributed by atoms with Crippen LogP contribution >= 0.6 is 0 Å². The molecule has 5 nitrogen and oxygen atoms in total. The minimum Gasteiger partial charge on any atom is -0.489 e. The van der Waals surface area contributed by atoms with Crippen molar-refractivity contribution in [3.63, 3.8) is 0 Å². The predicted octanol–water partition coefficient (Wildman–Crippen LogP) is 3.09. The van der Waals surface area contributed by atoms with Gasteiger partial charge in [0.05, 0.1) is 12.2 Å². The number of nitrogens with one attached hydrogen (secondary N) is 1. The molecule has 0 bridgehead atoms. The lowest BCUT2D eigenvalue weighted by molar-refractivity contribution is -0.118. The highest BCUT2D eigenvalue weighted by Crippen LogP contribution is 2.65. The van der Waals surface area contributed by atoms with Gasteiger partial charge in [-0.15, -0.1) is 0 Å². The van der Waals surface area contributed by atoms with Gasteiger partial charge in [-0.3, -0.25) is 9.48 Å². The number of carbonyl (C=O) groups is 1. The Hall–Kier alpha value is -2.30. The number of carbonyl (C=O) groups excluding carboxylic acids is 1. The number of anilines is 1. The maximum atomic E-state index is 12.4. The molecule has 1 amide bonds. The second kappa shape index (κ2) is 5.72. The summed E-state index contributed by atoms with van der Waals surface area (Å²) in [6.07, 6.45) is 8.42. The fourth-order valence-electron chi connectivity index (χ4n) is 3.50. The third-order valence-corrected chi connectivity index (χ3v) is 5.14. The van der Waals surface area contributed by atoms with Gasteiger partial charge in [0.25, 0.3) is 0 Å². The van der Waals surface area contributed by atoms with E-state index >= 15 is 0 Å². The molecule has 1 aromatic heterocycles. The number of nitrogens with zero attached hydrogens (tertiary/aromatic N) is 2. The number of amides is 1. The van der Waals surface area contributed by atoms with Gasteiger partial charge in [-0.1, -0.05) is 18.6 Å². The number of rotatable bonds is 6. The van der Waals surface area contributed by atoms with Gasteiger partial charge in [-0.05, 0) is 42.9 Å². The molecule has 4 rings (SSSR count). The van der Waals surface area contributed by atoms with Crippen molar-refractivity contribution in [2.75, 3.05) is 11.9 Å². The normalized spacial score (nSPS) is 20.8. The molecule has 2 fully saturated rings. The maximum absolute atomic E-state index is 12.4. The molecule has 1 aromatic carbocycles. The summed E-state index contributed by atoms with van der Waals surface area (Å²) in [5, 5.41) is 7.20. The molecular weight excluding hydrogens is 290 g/mol. The molecule has 2 aromatic rings. The van der Waals surface area contributed by atoms with Gasteiger partial charge in [-0.2, -0.15) is 5.10 Å². The number of aromatic nitrogens is 2. The molecule has 0 radical (unpaired) electrons. The van der Waals surface area contributed by atoms with Crippen LogP contribution in [0.3, 0.4) is 0 Å². The Balaban J connectivity index is 1.35. The largest absolute Gasteiger partial charge is 0.489 e. The average molecular weight is 311 g/mol. The van der Waals surface area contributed by atoms with E-state index in [1.165, 1.54) is 19.3 Å². The van der Waals surface area contributed by atoms with Gasteiger partial charge in [-0.25, -0.2) is 0 Å². The van der Waals surface area contributed by atoms with Crippen LogP contribution in [0.1, 0.15) is 25.7 Å². The first-order chi connectivity index (χ1) is 11.3. The first-order valence-electron chi connectivity index (χ1n) is 8.27. The average Bonchev–Trinajstić information content (AvgIpc) is 3.11. The Morgan fingerprint density at radius 1 is 1.35 bits per heavy atom. The zero-order valence-electron chi connectivity index (χ0n) is 13.1. The lowest BCUT2D eigenvalue weighted by atomic mass is 9.79. The zero-order chi connectivity index (χ0) is 15.7. The van der Waals surface area contributed by atoms with E-state index < -0.39 is 0 Å². The first kappa shape index (κ1) is 14.3. The summed E-state index contributed by atoms with van der Waals surface area (Å²) in [6.45, 7) is 1.20. The van der Waals surface area contributed by atoms with Crippen molar-refractivity contribution in [2.45, 2.75) is 32.2 Å². The Morgan fingerprint density at radius 3 is 2.91 bits per heavy atom. The third-order valence-electron chi connectivity index (χ3n) is 5.14. The van der Waals surface area contributed by atoms with Crippen LogP contribution in [0, 0.1) is 11.3 Å². The van der Waals surface area contributed by atoms with Gasteiger partial charge in [0.2, 0.25) is 5.91 Å². The van der Waals surface area contributed by atoms with Gasteiger partial charge in [0.1, 0.15) is 12.4 Å². The Bertz CT molecular complexity index is 692. The highest BCUT2D eigenvalue weighted by Gasteiger charge is 2.60. The van der Waals surface area contributed by atoms with Crippen LogP contribution in [-0.4, -0.2) is 22.3 Å². The van der Waals surface area contributed by atoms with Crippen molar-refractivity contribution in [1.29, 1.82) is 0 Å². The molecule has 2 saturated carbocycles. The summed E-state index contributed by atoms with van der Waals surface area (Å²) in [6, 6.07) is 9.52. The summed E-state index contributed by atoms with van der Waals surface area (Å²) in [5.41, 5.74) is 1.11. The number of benzene rings is 1. The van der Waals surface area contributed by atoms with Crippen molar-refractivity contribution in [3.05, 3.63) is 42.7 Å². The molecule has 1 heterocycles. The number of ether oxygens (including phenoxy) is 1. The van der Waals surface area contributed by atoms with Crippen LogP contribution in [0.25, 0.3) is 0 Å². The number of hydrogen-bond donors (Lipinski definition) is 1. The Kier molecular flexibility index (Phi) is 3.56. The fraction of sp³-hybridized carbons (Fsp3) is 0.444. The summed E-state index contributed by atoms with van der Waals surface area (Å²) in [7, 11) is 0. The standard InChI is InChI=1S/C18H21N3O2/c22-17(14-13-18(14)7-3-8-18)20-15-5-1-2-6-16(15)23-12-11-21-10-4-9-19-21/h1-2,4-6,9-10,14H,3,7-8,11-13H2,(H,20,22). The fourth-order valence-corrected chi connectivity index (χ4v) is 3.50. The lowest BCUT2D eigenvalue weighted by Gasteiger charge is -2.26. The molecule has 2 aliphatic carbocycles. The van der Waals surface area contributed by atoms with Gasteiger partial charge < -0.3 is 10.1 Å². The molecule has 1 spiro atoms. The first-order valence-corrected chi connectivity index (χ1v) is 8.27. The van der Waals surface area contributed by atoms with Crippen LogP contribution in [0.5, 0.6) is 5.75 Å². The summed E-state index contributed by atoms with van der Waals surface area (Å²) < 4.78 is 7.65. The van der Waals surface area contributed by atoms with E-state index in [9.17, 15) is 4.79 Å². The van der Waals surface area contributed by atoms with Gasteiger partial charge >= 0.3 is 0 Å². The zero-order valence-corrected chi connectivity index (χ0v) is 13.1. The van der Waals surface area contributed by atoms with Crippen molar-refractivity contribution < 1.29 is 9.53 Å². The van der Waals surface area contributed by atoms with E-state index in [0.29, 0.717) is 18.6 Å². The quantitative estimate of drug-likeness (QED) is 0.892. The van der Waals surface area contributed by atoms with E-state index in [4.69, 9.17) is 4.74 Å². The SMILES string of the molecule is O=C(Nc1ccccc1OCCn1cccn1)C1CC12CCC2. The highest BCUT2D eigenvalue weighted by atomic mass is 16.5. The third kappa shape index (κ3) is 2.83. The molecule has 5 heteroatoms. The molecule has 120 valence electrons. The smallest absolute Gasteiger partial charge is 0.228 e. The van der Waals surface area contributed by atoms with E-state index in [2.05, 4.69) is 10.4 Å². The van der Waals surface area contributed by atoms with Crippen LogP contribution in [0.15, 0.2) is 42.7 Å². The van der Waals surface area contributed by atoms with Crippen LogP contribution in [-0.2, 0) is 11.3 Å². The monoisotopic (exact) mass is 311 g/mol. The van der Waals surface area contributed by atoms with Crippen LogP contribution in [0.4, 0.5) is 5.69 Å². The second-order valence-electron chi connectivity index (χ2n) is 6.58. The molecule has 23 heavy (non-hydrogen) atoms. The summed E-state index contributed by atoms with van der Waals surface area (Å²) in [4.78, 5) is 12.4. The van der Waals surface area contributed by atoms with Crippen LogP contribution < -0.4 is 10.1 Å². The van der Waals surface area contributed by atoms with E-state index in [1.54, 1.807) is 6.20 Å². The molecule has 1 N–H and O–H groups in total. The van der Waals surface area contributed by atoms with E-state index in [0.717, 1.165) is 17.9 Å². The minimum absolute atomic E-state index is 0.146. The predicted molar refractivity (Wildman–Crippen MR) is 87.2 cm³/mol. The molecule has 1 atom stereocenters. The highest BCUT2D eigenvalue weighted by molar-refractivity contribution is 5.96. The summed E-state index contributed by atoms with van der Waals surface area (Å²) >= 11 is 0. The molecule has 0 saturated heterocycles. The lowest BCUT2D eigenvalue weighted by Crippen LogP contribution is -2.23. The van der Waals surface area contributed by atoms with Gasteiger partial charge in [0.15, 0.2) is 0 Å². The van der Waals surface area contributed by atoms with Crippen molar-refractivity contribution >= 4 is 11.6 Å². The molecule has 0 aliphatic heterocycles. The van der Waals surface area contributed by atoms with Crippen molar-refractivity contribution in [1.82, 2.24) is 9.78 Å². The number of hydrogen-bond acceptors (Lipinski definition) is 3. The Labute approximate surface area is 135 Å². The van der Waals surface area contributed by atoms with Gasteiger partial charge in [0, 0.05) is 18.3 Å². The molecular formula is C18H21N3O2. The Morgan fingerprint density at radius 2 is 2.22 bits per heavy atom. The molecule has 2 aliphatic rings. The van der Waals surface area contributed by atoms with Crippen molar-refractivity contribution in [3.8, 4) is 5.75 Å². The van der Waals surface area contributed by atoms with E-state index in [1.807, 2.05) is 41.2 Å². The van der Waals surface area contributed by atoms with E-state index in [-0.39, 0.29) is 11.8 Å². The molecule has 1 unspecified atom stereocenters. The maximum Gasteiger partial charge on any atom is 0.228 e. The van der Waals surface area contributed by atoms with Crippen LogP contribution in [0.2, 0.25) is 0 Å². The second-order valence-corrected chi connectivity index (χ2v) is 6.58. The minimum atomic E-state index is 0.146.